The van der Waals surface area contributed by atoms with Crippen molar-refractivity contribution in [1.82, 2.24) is 4.90 Å². The molecule has 3 nitrogen and oxygen atoms in total. The quantitative estimate of drug-likeness (QED) is 0.586. The highest BCUT2D eigenvalue weighted by Crippen LogP contribution is 2.05. The molecule has 0 radical (unpaired) electrons. The summed E-state index contributed by atoms with van der Waals surface area (Å²) >= 11 is 0. The minimum absolute atomic E-state index is 0.175. The Labute approximate surface area is 66.8 Å². The summed E-state index contributed by atoms with van der Waals surface area (Å²) in [6, 6.07) is 0.257. The maximum absolute atomic E-state index is 8.69. The van der Waals surface area contributed by atoms with Crippen molar-refractivity contribution in [2.24, 2.45) is 5.73 Å². The molecule has 11 heavy (non-hydrogen) atoms. The molecule has 0 aliphatic carbocycles. The van der Waals surface area contributed by atoms with E-state index in [9.17, 15) is 0 Å². The van der Waals surface area contributed by atoms with Crippen LogP contribution >= 0.6 is 0 Å². The Kier molecular flexibility index (Phi) is 3.14. The Bertz CT molecular complexity index is 165. The molecule has 0 amide bonds. The Morgan fingerprint density at radius 1 is 1.45 bits per heavy atom. The molecule has 0 bridgehead atoms. The van der Waals surface area contributed by atoms with Crippen LogP contribution in [0.5, 0.6) is 0 Å². The normalized spacial score (nSPS) is 22.7. The first kappa shape index (κ1) is 8.30. The van der Waals surface area contributed by atoms with Gasteiger partial charge in [0.15, 0.2) is 0 Å². The van der Waals surface area contributed by atoms with Crippen molar-refractivity contribution in [3.63, 3.8) is 0 Å². The number of rotatable bonds is 3. The van der Waals surface area contributed by atoms with E-state index in [0.717, 1.165) is 0 Å². The monoisotopic (exact) mass is 154 g/mol. The van der Waals surface area contributed by atoms with Crippen molar-refractivity contribution in [2.45, 2.75) is 6.04 Å². The fourth-order valence-electron chi connectivity index (χ4n) is 1.14. The van der Waals surface area contributed by atoms with E-state index in [4.69, 9.17) is 10.8 Å². The SMILES string of the molecule is NCC1C=CC=CN1CCO. The number of aliphatic hydroxyl groups is 1. The van der Waals surface area contributed by atoms with E-state index < -0.39 is 0 Å². The van der Waals surface area contributed by atoms with Crippen LogP contribution in [-0.2, 0) is 0 Å². The van der Waals surface area contributed by atoms with Crippen molar-refractivity contribution in [3.05, 3.63) is 24.4 Å². The van der Waals surface area contributed by atoms with Crippen LogP contribution in [0.4, 0.5) is 0 Å². The van der Waals surface area contributed by atoms with E-state index in [2.05, 4.69) is 0 Å². The third-order valence-corrected chi connectivity index (χ3v) is 1.75. The molecule has 0 aromatic rings. The van der Waals surface area contributed by atoms with Gasteiger partial charge in [-0.15, -0.1) is 0 Å². The lowest BCUT2D eigenvalue weighted by Crippen LogP contribution is -2.38. The molecule has 0 aromatic carbocycles. The number of hydrogen-bond acceptors (Lipinski definition) is 3. The highest BCUT2D eigenvalue weighted by Gasteiger charge is 2.10. The summed E-state index contributed by atoms with van der Waals surface area (Å²) in [6.07, 6.45) is 7.91. The van der Waals surface area contributed by atoms with Gasteiger partial charge in [-0.3, -0.25) is 0 Å². The molecule has 0 saturated heterocycles. The van der Waals surface area contributed by atoms with Crippen LogP contribution in [0, 0.1) is 0 Å². The molecule has 1 aliphatic heterocycles. The van der Waals surface area contributed by atoms with Crippen molar-refractivity contribution in [2.75, 3.05) is 19.7 Å². The summed E-state index contributed by atoms with van der Waals surface area (Å²) in [4.78, 5) is 2.03. The van der Waals surface area contributed by atoms with Crippen molar-refractivity contribution in [1.29, 1.82) is 0 Å². The molecule has 0 saturated carbocycles. The number of aliphatic hydroxyl groups excluding tert-OH is 1. The third kappa shape index (κ3) is 2.06. The maximum Gasteiger partial charge on any atom is 0.0606 e. The molecule has 1 heterocycles. The topological polar surface area (TPSA) is 49.5 Å². The first-order chi connectivity index (χ1) is 5.38. The van der Waals surface area contributed by atoms with Gasteiger partial charge in [-0.1, -0.05) is 12.2 Å². The first-order valence-electron chi connectivity index (χ1n) is 3.80. The zero-order valence-corrected chi connectivity index (χ0v) is 6.48. The second kappa shape index (κ2) is 4.16. The van der Waals surface area contributed by atoms with Gasteiger partial charge in [0.2, 0.25) is 0 Å². The lowest BCUT2D eigenvalue weighted by Gasteiger charge is -2.28. The molecular weight excluding hydrogens is 140 g/mol. The number of β-amino-alcohol motifs (C(OH)–C–C–N with tert-alkyl or cyclic N) is 1. The second-order valence-electron chi connectivity index (χ2n) is 2.49. The Hall–Kier alpha value is -0.800. The van der Waals surface area contributed by atoms with Crippen molar-refractivity contribution in [3.8, 4) is 0 Å². The van der Waals surface area contributed by atoms with Crippen molar-refractivity contribution >= 4 is 0 Å². The Balaban J connectivity index is 2.48. The zero-order chi connectivity index (χ0) is 8.10. The number of nitrogens with two attached hydrogens (primary N) is 1. The van der Waals surface area contributed by atoms with Gasteiger partial charge in [-0.05, 0) is 12.3 Å². The van der Waals surface area contributed by atoms with Gasteiger partial charge < -0.3 is 15.7 Å². The maximum atomic E-state index is 8.69. The highest BCUT2D eigenvalue weighted by atomic mass is 16.3. The number of allylic oxidation sites excluding steroid dienone is 2. The van der Waals surface area contributed by atoms with Gasteiger partial charge in [-0.25, -0.2) is 0 Å². The minimum atomic E-state index is 0.175. The van der Waals surface area contributed by atoms with E-state index in [1.165, 1.54) is 0 Å². The van der Waals surface area contributed by atoms with Gasteiger partial charge >= 0.3 is 0 Å². The van der Waals surface area contributed by atoms with Crippen LogP contribution in [0.3, 0.4) is 0 Å². The zero-order valence-electron chi connectivity index (χ0n) is 6.48. The van der Waals surface area contributed by atoms with Crippen molar-refractivity contribution < 1.29 is 5.11 Å². The van der Waals surface area contributed by atoms with Gasteiger partial charge in [0.25, 0.3) is 0 Å². The van der Waals surface area contributed by atoms with Crippen LogP contribution in [0.25, 0.3) is 0 Å². The molecule has 0 spiro atoms. The average Bonchev–Trinajstić information content (AvgIpc) is 2.06. The lowest BCUT2D eigenvalue weighted by molar-refractivity contribution is 0.218. The van der Waals surface area contributed by atoms with Crippen LogP contribution in [0.15, 0.2) is 24.4 Å². The summed E-state index contributed by atoms with van der Waals surface area (Å²) in [6.45, 7) is 1.43. The summed E-state index contributed by atoms with van der Waals surface area (Å²) in [5.74, 6) is 0. The first-order valence-corrected chi connectivity index (χ1v) is 3.80. The van der Waals surface area contributed by atoms with E-state index >= 15 is 0 Å². The molecule has 3 heteroatoms. The number of hydrogen-bond donors (Lipinski definition) is 2. The van der Waals surface area contributed by atoms with E-state index in [1.807, 2.05) is 29.3 Å². The van der Waals surface area contributed by atoms with Gasteiger partial charge in [0, 0.05) is 13.1 Å². The predicted octanol–water partition coefficient (Wildman–Crippen LogP) is -0.309. The fourth-order valence-corrected chi connectivity index (χ4v) is 1.14. The summed E-state index contributed by atoms with van der Waals surface area (Å²) < 4.78 is 0. The third-order valence-electron chi connectivity index (χ3n) is 1.75. The average molecular weight is 154 g/mol. The molecule has 62 valence electrons. The molecule has 1 aliphatic rings. The van der Waals surface area contributed by atoms with Gasteiger partial charge in [-0.2, -0.15) is 0 Å². The molecular formula is C8H14N2O. The minimum Gasteiger partial charge on any atom is -0.395 e. The van der Waals surface area contributed by atoms with Crippen LogP contribution < -0.4 is 5.73 Å². The lowest BCUT2D eigenvalue weighted by atomic mass is 10.2. The highest BCUT2D eigenvalue weighted by molar-refractivity contribution is 5.13. The van der Waals surface area contributed by atoms with E-state index in [0.29, 0.717) is 13.1 Å². The molecule has 1 unspecified atom stereocenters. The van der Waals surface area contributed by atoms with E-state index in [1.54, 1.807) is 0 Å². The number of nitrogens with zero attached hydrogens (tertiary/aromatic N) is 1. The standard InChI is InChI=1S/C8H14N2O/c9-7-8-3-1-2-4-10(8)5-6-11/h1-4,8,11H,5-7,9H2. The largest absolute Gasteiger partial charge is 0.395 e. The van der Waals surface area contributed by atoms with Gasteiger partial charge in [0.1, 0.15) is 0 Å². The van der Waals surface area contributed by atoms with Crippen LogP contribution in [0.1, 0.15) is 0 Å². The summed E-state index contributed by atoms with van der Waals surface area (Å²) in [5, 5.41) is 8.69. The molecule has 3 N–H and O–H groups in total. The Morgan fingerprint density at radius 2 is 2.27 bits per heavy atom. The molecule has 0 aromatic heterocycles. The second-order valence-corrected chi connectivity index (χ2v) is 2.49. The van der Waals surface area contributed by atoms with Crippen LogP contribution in [0.2, 0.25) is 0 Å². The van der Waals surface area contributed by atoms with Gasteiger partial charge in [0.05, 0.1) is 12.6 Å². The van der Waals surface area contributed by atoms with Crippen LogP contribution in [-0.4, -0.2) is 35.7 Å². The Morgan fingerprint density at radius 3 is 2.91 bits per heavy atom. The smallest absolute Gasteiger partial charge is 0.0606 e. The predicted molar refractivity (Wildman–Crippen MR) is 44.9 cm³/mol. The molecule has 1 atom stereocenters. The molecule has 1 rings (SSSR count). The van der Waals surface area contributed by atoms with E-state index in [-0.39, 0.29) is 12.6 Å². The summed E-state index contributed by atoms with van der Waals surface area (Å²) in [5.41, 5.74) is 5.52. The summed E-state index contributed by atoms with van der Waals surface area (Å²) in [7, 11) is 0. The fraction of sp³-hybridized carbons (Fsp3) is 0.500. The molecule has 0 fully saturated rings.